The monoisotopic (exact) mass is 278 g/mol. The second kappa shape index (κ2) is 8.19. The van der Waals surface area contributed by atoms with Gasteiger partial charge in [0.05, 0.1) is 7.11 Å². The average molecular weight is 278 g/mol. The fraction of sp³-hybridized carbons (Fsp3) is 0.467. The van der Waals surface area contributed by atoms with Crippen LogP contribution in [0.25, 0.3) is 0 Å². The number of nitrogens with zero attached hydrogens (tertiary/aromatic N) is 1. The standard InChI is InChI=1S/C15H22N2O3/c1-4-5-9-17(2)15(19)11-14(18)16-12-7-6-8-13(10-12)20-3/h6-8,10H,4-5,9,11H2,1-3H3,(H,16,18). The molecule has 0 bridgehead atoms. The van der Waals surface area contributed by atoms with Crippen LogP contribution in [0.2, 0.25) is 0 Å². The van der Waals surface area contributed by atoms with E-state index in [0.29, 0.717) is 18.0 Å². The van der Waals surface area contributed by atoms with Crippen molar-refractivity contribution in [3.05, 3.63) is 24.3 Å². The molecule has 110 valence electrons. The quantitative estimate of drug-likeness (QED) is 0.778. The molecule has 0 aliphatic heterocycles. The first-order valence-corrected chi connectivity index (χ1v) is 6.74. The molecule has 0 saturated heterocycles. The van der Waals surface area contributed by atoms with Gasteiger partial charge in [0.2, 0.25) is 11.8 Å². The summed E-state index contributed by atoms with van der Waals surface area (Å²) in [6.45, 7) is 2.75. The van der Waals surface area contributed by atoms with Crippen molar-refractivity contribution in [1.82, 2.24) is 4.90 Å². The fourth-order valence-electron chi connectivity index (χ4n) is 1.70. The number of anilines is 1. The van der Waals surface area contributed by atoms with Gasteiger partial charge in [-0.05, 0) is 18.6 Å². The number of carbonyl (C=O) groups is 2. The predicted molar refractivity (Wildman–Crippen MR) is 78.8 cm³/mol. The molecule has 0 fully saturated rings. The summed E-state index contributed by atoms with van der Waals surface area (Å²) in [5.74, 6) is 0.180. The second-order valence-electron chi connectivity index (χ2n) is 4.63. The molecule has 5 heteroatoms. The Kier molecular flexibility index (Phi) is 6.56. The van der Waals surface area contributed by atoms with Crippen molar-refractivity contribution in [1.29, 1.82) is 0 Å². The molecule has 0 heterocycles. The van der Waals surface area contributed by atoms with Crippen LogP contribution in [0.4, 0.5) is 5.69 Å². The topological polar surface area (TPSA) is 58.6 Å². The van der Waals surface area contributed by atoms with Gasteiger partial charge in [0, 0.05) is 25.3 Å². The van der Waals surface area contributed by atoms with E-state index in [2.05, 4.69) is 12.2 Å². The Morgan fingerprint density at radius 3 is 2.75 bits per heavy atom. The zero-order valence-corrected chi connectivity index (χ0v) is 12.3. The summed E-state index contributed by atoms with van der Waals surface area (Å²) in [4.78, 5) is 25.2. The first kappa shape index (κ1) is 16.0. The molecule has 2 amide bonds. The summed E-state index contributed by atoms with van der Waals surface area (Å²) in [5, 5.41) is 2.69. The van der Waals surface area contributed by atoms with E-state index in [1.807, 2.05) is 0 Å². The molecule has 0 radical (unpaired) electrons. The number of rotatable bonds is 7. The zero-order chi connectivity index (χ0) is 15.0. The number of hydrogen-bond donors (Lipinski definition) is 1. The van der Waals surface area contributed by atoms with Gasteiger partial charge in [-0.25, -0.2) is 0 Å². The molecule has 5 nitrogen and oxygen atoms in total. The molecule has 1 N–H and O–H groups in total. The van der Waals surface area contributed by atoms with E-state index in [-0.39, 0.29) is 18.2 Å². The number of carbonyl (C=O) groups excluding carboxylic acids is 2. The molecular formula is C15H22N2O3. The summed E-state index contributed by atoms with van der Waals surface area (Å²) in [5.41, 5.74) is 0.623. The van der Waals surface area contributed by atoms with E-state index in [1.54, 1.807) is 43.3 Å². The van der Waals surface area contributed by atoms with Gasteiger partial charge in [0.25, 0.3) is 0 Å². The molecule has 0 spiro atoms. The smallest absolute Gasteiger partial charge is 0.233 e. The van der Waals surface area contributed by atoms with Gasteiger partial charge in [-0.15, -0.1) is 0 Å². The number of methoxy groups -OCH3 is 1. The van der Waals surface area contributed by atoms with Crippen LogP contribution in [-0.2, 0) is 9.59 Å². The van der Waals surface area contributed by atoms with E-state index in [0.717, 1.165) is 12.8 Å². The molecule has 1 aromatic rings. The van der Waals surface area contributed by atoms with E-state index >= 15 is 0 Å². The molecular weight excluding hydrogens is 256 g/mol. The Labute approximate surface area is 119 Å². The molecule has 20 heavy (non-hydrogen) atoms. The summed E-state index contributed by atoms with van der Waals surface area (Å²) in [6.07, 6.45) is 1.82. The van der Waals surface area contributed by atoms with Gasteiger partial charge in [-0.1, -0.05) is 19.4 Å². The van der Waals surface area contributed by atoms with Gasteiger partial charge in [0.15, 0.2) is 0 Å². The lowest BCUT2D eigenvalue weighted by Gasteiger charge is -2.16. The number of nitrogens with one attached hydrogen (secondary N) is 1. The van der Waals surface area contributed by atoms with Crippen LogP contribution in [0.5, 0.6) is 5.75 Å². The maximum Gasteiger partial charge on any atom is 0.233 e. The van der Waals surface area contributed by atoms with Crippen molar-refractivity contribution in [2.75, 3.05) is 26.0 Å². The lowest BCUT2D eigenvalue weighted by molar-refractivity contribution is -0.133. The van der Waals surface area contributed by atoms with Gasteiger partial charge in [-0.2, -0.15) is 0 Å². The van der Waals surface area contributed by atoms with Crippen molar-refractivity contribution in [2.24, 2.45) is 0 Å². The Hall–Kier alpha value is -2.04. The normalized spacial score (nSPS) is 9.95. The highest BCUT2D eigenvalue weighted by atomic mass is 16.5. The molecule has 1 aromatic carbocycles. The zero-order valence-electron chi connectivity index (χ0n) is 12.3. The number of unbranched alkanes of at least 4 members (excludes halogenated alkanes) is 1. The molecule has 0 saturated carbocycles. The van der Waals surface area contributed by atoms with Crippen LogP contribution in [0.3, 0.4) is 0 Å². The van der Waals surface area contributed by atoms with Crippen LogP contribution in [-0.4, -0.2) is 37.4 Å². The highest BCUT2D eigenvalue weighted by Crippen LogP contribution is 2.16. The van der Waals surface area contributed by atoms with Crippen molar-refractivity contribution in [3.8, 4) is 5.75 Å². The summed E-state index contributed by atoms with van der Waals surface area (Å²) >= 11 is 0. The molecule has 1 rings (SSSR count). The maximum absolute atomic E-state index is 11.8. The van der Waals surface area contributed by atoms with E-state index in [1.165, 1.54) is 0 Å². The molecule has 0 aliphatic rings. The Morgan fingerprint density at radius 2 is 2.10 bits per heavy atom. The summed E-state index contributed by atoms with van der Waals surface area (Å²) in [6, 6.07) is 7.04. The van der Waals surface area contributed by atoms with Gasteiger partial charge in [0.1, 0.15) is 12.2 Å². The highest BCUT2D eigenvalue weighted by Gasteiger charge is 2.13. The van der Waals surface area contributed by atoms with Gasteiger partial charge < -0.3 is 15.0 Å². The minimum atomic E-state index is -0.313. The van der Waals surface area contributed by atoms with Crippen LogP contribution in [0.1, 0.15) is 26.2 Å². The highest BCUT2D eigenvalue weighted by molar-refractivity contribution is 6.03. The van der Waals surface area contributed by atoms with Crippen LogP contribution in [0.15, 0.2) is 24.3 Å². The largest absolute Gasteiger partial charge is 0.497 e. The van der Waals surface area contributed by atoms with E-state index in [4.69, 9.17) is 4.74 Å². The van der Waals surface area contributed by atoms with Crippen LogP contribution >= 0.6 is 0 Å². The number of benzene rings is 1. The van der Waals surface area contributed by atoms with Crippen molar-refractivity contribution in [2.45, 2.75) is 26.2 Å². The Morgan fingerprint density at radius 1 is 1.35 bits per heavy atom. The second-order valence-corrected chi connectivity index (χ2v) is 4.63. The Bertz CT molecular complexity index is 460. The minimum Gasteiger partial charge on any atom is -0.497 e. The third-order valence-corrected chi connectivity index (χ3v) is 2.94. The third kappa shape index (κ3) is 5.30. The van der Waals surface area contributed by atoms with Crippen LogP contribution in [0, 0.1) is 0 Å². The minimum absolute atomic E-state index is 0.141. The van der Waals surface area contributed by atoms with Crippen molar-refractivity contribution < 1.29 is 14.3 Å². The first-order chi connectivity index (χ1) is 9.56. The van der Waals surface area contributed by atoms with Crippen molar-refractivity contribution in [3.63, 3.8) is 0 Å². The number of ether oxygens (including phenoxy) is 1. The molecule has 0 atom stereocenters. The van der Waals surface area contributed by atoms with E-state index in [9.17, 15) is 9.59 Å². The maximum atomic E-state index is 11.8. The fourth-order valence-corrected chi connectivity index (χ4v) is 1.70. The average Bonchev–Trinajstić information content (AvgIpc) is 2.44. The third-order valence-electron chi connectivity index (χ3n) is 2.94. The summed E-state index contributed by atoms with van der Waals surface area (Å²) < 4.78 is 5.07. The summed E-state index contributed by atoms with van der Waals surface area (Å²) in [7, 11) is 3.28. The lowest BCUT2D eigenvalue weighted by atomic mass is 10.2. The van der Waals surface area contributed by atoms with Gasteiger partial charge >= 0.3 is 0 Å². The predicted octanol–water partition coefficient (Wildman–Crippen LogP) is 2.28. The number of amides is 2. The van der Waals surface area contributed by atoms with Crippen LogP contribution < -0.4 is 10.1 Å². The van der Waals surface area contributed by atoms with Gasteiger partial charge in [-0.3, -0.25) is 9.59 Å². The van der Waals surface area contributed by atoms with E-state index < -0.39 is 0 Å². The SMILES string of the molecule is CCCCN(C)C(=O)CC(=O)Nc1cccc(OC)c1. The molecule has 0 aliphatic carbocycles. The molecule has 0 aromatic heterocycles. The Balaban J connectivity index is 2.48. The van der Waals surface area contributed by atoms with Crippen molar-refractivity contribution >= 4 is 17.5 Å². The molecule has 0 unspecified atom stereocenters. The number of hydrogen-bond acceptors (Lipinski definition) is 3. The lowest BCUT2D eigenvalue weighted by Crippen LogP contribution is -2.31. The first-order valence-electron chi connectivity index (χ1n) is 6.74.